The summed E-state index contributed by atoms with van der Waals surface area (Å²) in [5.74, 6) is 1.57. The predicted octanol–water partition coefficient (Wildman–Crippen LogP) is 4.40. The lowest BCUT2D eigenvalue weighted by atomic mass is 10.1. The fourth-order valence-corrected chi connectivity index (χ4v) is 3.94. The van der Waals surface area contributed by atoms with Crippen molar-refractivity contribution in [3.63, 3.8) is 0 Å². The molecule has 1 aliphatic heterocycles. The third-order valence-electron chi connectivity index (χ3n) is 5.76. The predicted molar refractivity (Wildman–Crippen MR) is 134 cm³/mol. The molecule has 0 bridgehead atoms. The number of fused-ring (bicyclic) bond motifs is 1. The van der Waals surface area contributed by atoms with Crippen molar-refractivity contribution in [1.29, 1.82) is 0 Å². The number of carbonyl (C=O) groups excluding carboxylic acids is 1. The quantitative estimate of drug-likeness (QED) is 0.296. The van der Waals surface area contributed by atoms with Crippen molar-refractivity contribution in [2.24, 2.45) is 5.10 Å². The van der Waals surface area contributed by atoms with Crippen LogP contribution in [0.2, 0.25) is 0 Å². The first-order chi connectivity index (χ1) is 17.2. The molecule has 1 unspecified atom stereocenters. The number of hydrogen-bond donors (Lipinski definition) is 2. The lowest BCUT2D eigenvalue weighted by Crippen LogP contribution is -2.18. The second kappa shape index (κ2) is 10.1. The molecule has 1 amide bonds. The summed E-state index contributed by atoms with van der Waals surface area (Å²) in [6.07, 6.45) is 3.11. The Morgan fingerprint density at radius 2 is 1.89 bits per heavy atom. The number of benzene rings is 3. The van der Waals surface area contributed by atoms with E-state index < -0.39 is 0 Å². The number of aromatic nitrogens is 2. The lowest BCUT2D eigenvalue weighted by Gasteiger charge is -2.11. The molecule has 8 heteroatoms. The first-order valence-electron chi connectivity index (χ1n) is 11.3. The number of hydrazone groups is 1. The van der Waals surface area contributed by atoms with Gasteiger partial charge in [-0.1, -0.05) is 60.7 Å². The van der Waals surface area contributed by atoms with Crippen molar-refractivity contribution in [3.8, 4) is 11.5 Å². The van der Waals surface area contributed by atoms with Crippen LogP contribution in [0.4, 0.5) is 5.82 Å². The van der Waals surface area contributed by atoms with Crippen LogP contribution in [0, 0.1) is 0 Å². The van der Waals surface area contributed by atoms with Crippen LogP contribution in [0.1, 0.15) is 33.1 Å². The van der Waals surface area contributed by atoms with Gasteiger partial charge in [0, 0.05) is 0 Å². The van der Waals surface area contributed by atoms with Crippen molar-refractivity contribution in [3.05, 3.63) is 107 Å². The minimum Gasteiger partial charge on any atom is -0.493 e. The van der Waals surface area contributed by atoms with Gasteiger partial charge in [0.25, 0.3) is 5.91 Å². The molecule has 1 atom stereocenters. The van der Waals surface area contributed by atoms with Gasteiger partial charge in [-0.25, -0.2) is 10.1 Å². The number of ether oxygens (including phenoxy) is 2. The summed E-state index contributed by atoms with van der Waals surface area (Å²) >= 11 is 0. The van der Waals surface area contributed by atoms with Gasteiger partial charge >= 0.3 is 0 Å². The van der Waals surface area contributed by atoms with Crippen LogP contribution in [0.15, 0.2) is 90.2 Å². The molecule has 1 aliphatic rings. The van der Waals surface area contributed by atoms with Gasteiger partial charge in [0.15, 0.2) is 11.5 Å². The van der Waals surface area contributed by atoms with E-state index in [0.29, 0.717) is 36.0 Å². The first kappa shape index (κ1) is 22.2. The largest absolute Gasteiger partial charge is 0.493 e. The third kappa shape index (κ3) is 5.01. The topological polar surface area (TPSA) is 89.8 Å². The second-order valence-electron chi connectivity index (χ2n) is 8.08. The van der Waals surface area contributed by atoms with Gasteiger partial charge < -0.3 is 14.8 Å². The number of hydrogen-bond acceptors (Lipinski definition) is 6. The van der Waals surface area contributed by atoms with Crippen LogP contribution in [0.3, 0.4) is 0 Å². The van der Waals surface area contributed by atoms with Crippen LogP contribution in [0.25, 0.3) is 0 Å². The molecule has 0 saturated heterocycles. The molecule has 0 fully saturated rings. The standard InChI is InChI=1S/C27H25N5O3/c1-34-25-14-20(12-13-24(25)35-18-19-8-4-2-5-9-19)15-28-31-27(33)22-16-29-32-17-23(30-26(22)32)21-10-6-3-7-11-21/h2-16,23,30H,17-18H2,1H3,(H,31,33)/b28-15+. The normalized spacial score (nSPS) is 14.4. The maximum atomic E-state index is 12.7. The summed E-state index contributed by atoms with van der Waals surface area (Å²) in [5, 5.41) is 11.8. The molecular weight excluding hydrogens is 442 g/mol. The van der Waals surface area contributed by atoms with Crippen molar-refractivity contribution in [2.75, 3.05) is 12.4 Å². The fraction of sp³-hybridized carbons (Fsp3) is 0.148. The van der Waals surface area contributed by atoms with E-state index in [0.717, 1.165) is 16.7 Å². The monoisotopic (exact) mass is 467 g/mol. The van der Waals surface area contributed by atoms with Crippen LogP contribution in [0.5, 0.6) is 11.5 Å². The van der Waals surface area contributed by atoms with Crippen molar-refractivity contribution >= 4 is 17.9 Å². The molecule has 1 aromatic heterocycles. The molecular formula is C27H25N5O3. The van der Waals surface area contributed by atoms with Crippen LogP contribution in [-0.4, -0.2) is 29.0 Å². The van der Waals surface area contributed by atoms with Gasteiger partial charge in [-0.05, 0) is 34.9 Å². The lowest BCUT2D eigenvalue weighted by molar-refractivity contribution is 0.0956. The van der Waals surface area contributed by atoms with Gasteiger partial charge in [0.05, 0.1) is 32.1 Å². The molecule has 8 nitrogen and oxygen atoms in total. The highest BCUT2D eigenvalue weighted by molar-refractivity contribution is 5.99. The molecule has 2 N–H and O–H groups in total. The summed E-state index contributed by atoms with van der Waals surface area (Å²) in [5.41, 5.74) is 6.00. The van der Waals surface area contributed by atoms with E-state index in [1.165, 1.54) is 0 Å². The molecule has 0 saturated carbocycles. The molecule has 176 valence electrons. The van der Waals surface area contributed by atoms with E-state index in [-0.39, 0.29) is 11.9 Å². The van der Waals surface area contributed by atoms with E-state index in [1.54, 1.807) is 30.3 Å². The molecule has 35 heavy (non-hydrogen) atoms. The number of nitrogens with one attached hydrogen (secondary N) is 2. The Bertz CT molecular complexity index is 1340. The van der Waals surface area contributed by atoms with Crippen molar-refractivity contribution < 1.29 is 14.3 Å². The highest BCUT2D eigenvalue weighted by Crippen LogP contribution is 2.31. The molecule has 5 rings (SSSR count). The van der Waals surface area contributed by atoms with Crippen LogP contribution >= 0.6 is 0 Å². The zero-order valence-corrected chi connectivity index (χ0v) is 19.2. The van der Waals surface area contributed by atoms with Crippen LogP contribution < -0.4 is 20.2 Å². The van der Waals surface area contributed by atoms with Crippen molar-refractivity contribution in [1.82, 2.24) is 15.2 Å². The first-order valence-corrected chi connectivity index (χ1v) is 11.3. The summed E-state index contributed by atoms with van der Waals surface area (Å²) in [4.78, 5) is 12.7. The zero-order valence-electron chi connectivity index (χ0n) is 19.2. The van der Waals surface area contributed by atoms with E-state index in [9.17, 15) is 4.79 Å². The van der Waals surface area contributed by atoms with E-state index in [2.05, 4.69) is 33.1 Å². The fourth-order valence-electron chi connectivity index (χ4n) is 3.94. The number of amides is 1. The van der Waals surface area contributed by atoms with Gasteiger partial charge in [0.2, 0.25) is 0 Å². The number of carbonyl (C=O) groups is 1. The Balaban J connectivity index is 1.21. The maximum absolute atomic E-state index is 12.7. The Labute approximate surface area is 203 Å². The van der Waals surface area contributed by atoms with E-state index in [1.807, 2.05) is 60.7 Å². The molecule has 2 heterocycles. The summed E-state index contributed by atoms with van der Waals surface area (Å²) < 4.78 is 13.2. The van der Waals surface area contributed by atoms with E-state index >= 15 is 0 Å². The average molecular weight is 468 g/mol. The SMILES string of the molecule is COc1cc(/C=N/NC(=O)c2cnn3c2NC(c2ccccc2)C3)ccc1OCc1ccccc1. The Morgan fingerprint density at radius 1 is 1.11 bits per heavy atom. The number of rotatable bonds is 8. The van der Waals surface area contributed by atoms with Gasteiger partial charge in [-0.2, -0.15) is 10.2 Å². The smallest absolute Gasteiger partial charge is 0.276 e. The highest BCUT2D eigenvalue weighted by atomic mass is 16.5. The maximum Gasteiger partial charge on any atom is 0.276 e. The Hall–Kier alpha value is -4.59. The number of anilines is 1. The number of nitrogens with zero attached hydrogens (tertiary/aromatic N) is 3. The summed E-state index contributed by atoms with van der Waals surface area (Å²) in [6, 6.07) is 25.6. The average Bonchev–Trinajstić information content (AvgIpc) is 3.50. The summed E-state index contributed by atoms with van der Waals surface area (Å²) in [7, 11) is 1.59. The van der Waals surface area contributed by atoms with Gasteiger partial charge in [-0.3, -0.25) is 4.79 Å². The Kier molecular flexibility index (Phi) is 6.43. The molecule has 3 aromatic carbocycles. The molecule has 4 aromatic rings. The van der Waals surface area contributed by atoms with Gasteiger partial charge in [0.1, 0.15) is 18.0 Å². The molecule has 0 spiro atoms. The van der Waals surface area contributed by atoms with Crippen LogP contribution in [-0.2, 0) is 13.2 Å². The van der Waals surface area contributed by atoms with Crippen molar-refractivity contribution in [2.45, 2.75) is 19.2 Å². The molecule has 0 radical (unpaired) electrons. The molecule has 0 aliphatic carbocycles. The minimum absolute atomic E-state index is 0.0741. The Morgan fingerprint density at radius 3 is 2.66 bits per heavy atom. The third-order valence-corrected chi connectivity index (χ3v) is 5.76. The zero-order chi connectivity index (χ0) is 24.0. The number of methoxy groups -OCH3 is 1. The second-order valence-corrected chi connectivity index (χ2v) is 8.08. The summed E-state index contributed by atoms with van der Waals surface area (Å²) in [6.45, 7) is 1.10. The highest BCUT2D eigenvalue weighted by Gasteiger charge is 2.27. The van der Waals surface area contributed by atoms with Gasteiger partial charge in [-0.15, -0.1) is 0 Å². The van der Waals surface area contributed by atoms with E-state index in [4.69, 9.17) is 9.47 Å². The minimum atomic E-state index is -0.335.